The Bertz CT molecular complexity index is 748. The van der Waals surface area contributed by atoms with Crippen LogP contribution in [0.3, 0.4) is 0 Å². The van der Waals surface area contributed by atoms with Crippen LogP contribution in [0.5, 0.6) is 5.75 Å². The number of carbonyl (C=O) groups excluding carboxylic acids is 1. The van der Waals surface area contributed by atoms with Gasteiger partial charge in [-0.15, -0.1) is 0 Å². The molecule has 1 N–H and O–H groups in total. The van der Waals surface area contributed by atoms with Crippen LogP contribution in [-0.2, 0) is 11.4 Å². The Morgan fingerprint density at radius 3 is 2.43 bits per heavy atom. The molecule has 2 rings (SSSR count). The standard InChI is InChI=1S/C15H12Cl2N2O4/c1-9(20)18-14-7-15(13(17)6-12(14)16)23-8-10-2-4-11(5-3-10)19(21)22/h2-7H,8H2,1H3,(H,18,20). The smallest absolute Gasteiger partial charge is 0.269 e. The maximum atomic E-state index is 11.1. The Balaban J connectivity index is 2.13. The van der Waals surface area contributed by atoms with Crippen molar-refractivity contribution < 1.29 is 14.5 Å². The highest BCUT2D eigenvalue weighted by Gasteiger charge is 2.10. The summed E-state index contributed by atoms with van der Waals surface area (Å²) < 4.78 is 5.59. The minimum absolute atomic E-state index is 0.00576. The molecule has 0 radical (unpaired) electrons. The predicted octanol–water partition coefficient (Wildman–Crippen LogP) is 4.44. The van der Waals surface area contributed by atoms with Gasteiger partial charge in [0.1, 0.15) is 12.4 Å². The summed E-state index contributed by atoms with van der Waals surface area (Å²) in [6.45, 7) is 1.53. The van der Waals surface area contributed by atoms with Gasteiger partial charge in [0.25, 0.3) is 5.69 Å². The summed E-state index contributed by atoms with van der Waals surface area (Å²) in [5.74, 6) is 0.0775. The molecule has 0 saturated heterocycles. The fourth-order valence-corrected chi connectivity index (χ4v) is 2.29. The Morgan fingerprint density at radius 2 is 1.87 bits per heavy atom. The average Bonchev–Trinajstić information content (AvgIpc) is 2.49. The third-order valence-electron chi connectivity index (χ3n) is 2.87. The molecular formula is C15H12Cl2N2O4. The number of amides is 1. The van der Waals surface area contributed by atoms with Crippen molar-refractivity contribution in [1.82, 2.24) is 0 Å². The summed E-state index contributed by atoms with van der Waals surface area (Å²) in [6.07, 6.45) is 0. The van der Waals surface area contributed by atoms with Crippen LogP contribution in [0.4, 0.5) is 11.4 Å². The van der Waals surface area contributed by atoms with E-state index in [1.807, 2.05) is 0 Å². The minimum Gasteiger partial charge on any atom is -0.487 e. The van der Waals surface area contributed by atoms with Crippen molar-refractivity contribution in [2.75, 3.05) is 5.32 Å². The van der Waals surface area contributed by atoms with Crippen molar-refractivity contribution >= 4 is 40.5 Å². The molecule has 8 heteroatoms. The van der Waals surface area contributed by atoms with Gasteiger partial charge >= 0.3 is 0 Å². The second kappa shape index (κ2) is 7.30. The van der Waals surface area contributed by atoms with Crippen LogP contribution in [0.2, 0.25) is 10.0 Å². The van der Waals surface area contributed by atoms with Crippen molar-refractivity contribution in [3.05, 3.63) is 62.1 Å². The number of rotatable bonds is 5. The van der Waals surface area contributed by atoms with Gasteiger partial charge in [0.05, 0.1) is 20.7 Å². The first kappa shape index (κ1) is 17.1. The van der Waals surface area contributed by atoms with Crippen molar-refractivity contribution in [2.24, 2.45) is 0 Å². The number of nitrogens with one attached hydrogen (secondary N) is 1. The van der Waals surface area contributed by atoms with E-state index in [2.05, 4.69) is 5.32 Å². The molecule has 0 unspecified atom stereocenters. The summed E-state index contributed by atoms with van der Waals surface area (Å²) >= 11 is 12.1. The van der Waals surface area contributed by atoms with Crippen LogP contribution in [0.1, 0.15) is 12.5 Å². The lowest BCUT2D eigenvalue weighted by atomic mass is 10.2. The van der Waals surface area contributed by atoms with Crippen LogP contribution in [0.15, 0.2) is 36.4 Å². The number of hydrogen-bond donors (Lipinski definition) is 1. The minimum atomic E-state index is -0.472. The van der Waals surface area contributed by atoms with Crippen LogP contribution < -0.4 is 10.1 Å². The van der Waals surface area contributed by atoms with Gasteiger partial charge in [-0.2, -0.15) is 0 Å². The predicted molar refractivity (Wildman–Crippen MR) is 88.2 cm³/mol. The molecule has 0 aromatic heterocycles. The first-order valence-corrected chi connectivity index (χ1v) is 7.25. The fraction of sp³-hybridized carbons (Fsp3) is 0.133. The first-order chi connectivity index (χ1) is 10.9. The molecule has 0 spiro atoms. The Hall–Kier alpha value is -2.31. The number of non-ortho nitro benzene ring substituents is 1. The van der Waals surface area contributed by atoms with E-state index in [0.717, 1.165) is 5.56 Å². The highest BCUT2D eigenvalue weighted by Crippen LogP contribution is 2.34. The number of nitro benzene ring substituents is 1. The monoisotopic (exact) mass is 354 g/mol. The molecule has 1 amide bonds. The van der Waals surface area contributed by atoms with Gasteiger partial charge in [-0.05, 0) is 23.8 Å². The second-order valence-corrected chi connectivity index (χ2v) is 5.47. The van der Waals surface area contributed by atoms with E-state index in [1.54, 1.807) is 12.1 Å². The lowest BCUT2D eigenvalue weighted by Crippen LogP contribution is -2.06. The lowest BCUT2D eigenvalue weighted by molar-refractivity contribution is -0.384. The van der Waals surface area contributed by atoms with Gasteiger partial charge in [0.2, 0.25) is 5.91 Å². The van der Waals surface area contributed by atoms with Gasteiger partial charge in [-0.25, -0.2) is 0 Å². The Morgan fingerprint density at radius 1 is 1.22 bits per heavy atom. The molecule has 0 fully saturated rings. The third-order valence-corrected chi connectivity index (χ3v) is 3.48. The topological polar surface area (TPSA) is 81.5 Å². The van der Waals surface area contributed by atoms with Gasteiger partial charge in [0.15, 0.2) is 0 Å². The molecule has 120 valence electrons. The zero-order chi connectivity index (χ0) is 17.0. The zero-order valence-corrected chi connectivity index (χ0v) is 13.5. The van der Waals surface area contributed by atoms with E-state index >= 15 is 0 Å². The molecule has 6 nitrogen and oxygen atoms in total. The highest BCUT2D eigenvalue weighted by molar-refractivity contribution is 6.37. The van der Waals surface area contributed by atoms with E-state index in [0.29, 0.717) is 21.5 Å². The SMILES string of the molecule is CC(=O)Nc1cc(OCc2ccc([N+](=O)[O-])cc2)c(Cl)cc1Cl. The summed E-state index contributed by atoms with van der Waals surface area (Å²) in [6, 6.07) is 8.97. The van der Waals surface area contributed by atoms with Crippen LogP contribution in [0.25, 0.3) is 0 Å². The average molecular weight is 355 g/mol. The molecule has 2 aromatic rings. The van der Waals surface area contributed by atoms with Crippen molar-refractivity contribution in [3.8, 4) is 5.75 Å². The fourth-order valence-electron chi connectivity index (χ4n) is 1.80. The largest absolute Gasteiger partial charge is 0.487 e. The third kappa shape index (κ3) is 4.58. The number of nitro groups is 1. The molecule has 0 aliphatic heterocycles. The van der Waals surface area contributed by atoms with E-state index < -0.39 is 4.92 Å². The molecular weight excluding hydrogens is 343 g/mol. The Labute approximate surface area is 142 Å². The van der Waals surface area contributed by atoms with E-state index in [9.17, 15) is 14.9 Å². The number of hydrogen-bond acceptors (Lipinski definition) is 4. The van der Waals surface area contributed by atoms with Gasteiger partial charge in [-0.1, -0.05) is 23.2 Å². The van der Waals surface area contributed by atoms with Gasteiger partial charge < -0.3 is 10.1 Å². The molecule has 0 aliphatic rings. The molecule has 0 aliphatic carbocycles. The second-order valence-electron chi connectivity index (χ2n) is 4.66. The summed E-state index contributed by atoms with van der Waals surface area (Å²) in [7, 11) is 0. The molecule has 2 aromatic carbocycles. The van der Waals surface area contributed by atoms with Gasteiger partial charge in [-0.3, -0.25) is 14.9 Å². The lowest BCUT2D eigenvalue weighted by Gasteiger charge is -2.12. The number of carbonyl (C=O) groups is 1. The van der Waals surface area contributed by atoms with Crippen LogP contribution in [-0.4, -0.2) is 10.8 Å². The highest BCUT2D eigenvalue weighted by atomic mass is 35.5. The summed E-state index contributed by atoms with van der Waals surface area (Å²) in [5, 5.41) is 13.8. The maximum Gasteiger partial charge on any atom is 0.269 e. The molecule has 23 heavy (non-hydrogen) atoms. The summed E-state index contributed by atoms with van der Waals surface area (Å²) in [5.41, 5.74) is 1.14. The number of ether oxygens (including phenoxy) is 1. The number of benzene rings is 2. The summed E-state index contributed by atoms with van der Waals surface area (Å²) in [4.78, 5) is 21.3. The quantitative estimate of drug-likeness (QED) is 0.635. The van der Waals surface area contributed by atoms with Crippen molar-refractivity contribution in [1.29, 1.82) is 0 Å². The Kier molecular flexibility index (Phi) is 5.41. The number of nitrogens with zero attached hydrogens (tertiary/aromatic N) is 1. The van der Waals surface area contributed by atoms with E-state index in [4.69, 9.17) is 27.9 Å². The molecule has 0 atom stereocenters. The normalized spacial score (nSPS) is 10.2. The number of anilines is 1. The van der Waals surface area contributed by atoms with Gasteiger partial charge in [0, 0.05) is 25.1 Å². The molecule has 0 heterocycles. The van der Waals surface area contributed by atoms with E-state index in [1.165, 1.54) is 31.2 Å². The molecule has 0 bridgehead atoms. The van der Waals surface area contributed by atoms with Crippen LogP contribution >= 0.6 is 23.2 Å². The number of halogens is 2. The van der Waals surface area contributed by atoms with Crippen LogP contribution in [0, 0.1) is 10.1 Å². The van der Waals surface area contributed by atoms with Crippen molar-refractivity contribution in [3.63, 3.8) is 0 Å². The molecule has 0 saturated carbocycles. The first-order valence-electron chi connectivity index (χ1n) is 6.49. The van der Waals surface area contributed by atoms with E-state index in [-0.39, 0.29) is 18.2 Å². The van der Waals surface area contributed by atoms with Crippen molar-refractivity contribution in [2.45, 2.75) is 13.5 Å². The maximum absolute atomic E-state index is 11.1. The zero-order valence-electron chi connectivity index (χ0n) is 12.0.